The number of benzene rings is 1. The molecule has 0 spiro atoms. The molecule has 2 aromatic rings. The molecule has 1 fully saturated rings. The minimum Gasteiger partial charge on any atom is -0.314 e. The lowest BCUT2D eigenvalue weighted by Crippen LogP contribution is -2.44. The van der Waals surface area contributed by atoms with Gasteiger partial charge in [-0.05, 0) is 32.0 Å². The molecule has 1 aliphatic rings. The molecule has 0 aliphatic carbocycles. The number of urea groups is 1. The van der Waals surface area contributed by atoms with Crippen molar-refractivity contribution >= 4 is 17.4 Å². The number of aromatic nitrogens is 1. The van der Waals surface area contributed by atoms with Crippen LogP contribution in [0.5, 0.6) is 0 Å². The number of nitrogens with one attached hydrogen (secondary N) is 3. The standard InChI is InChI=1S/C19H24FN5O/c1-13-6-7-15(12-22-13)23-19(26)24-17-5-3-4-16(18(17)20)14(2)25-10-8-21-9-11-25/h3-7,12,14,21H,8-11H2,1-2H3,(H2,23,24,26). The predicted molar refractivity (Wildman–Crippen MR) is 101 cm³/mol. The van der Waals surface area contributed by atoms with Crippen LogP contribution >= 0.6 is 0 Å². The quantitative estimate of drug-likeness (QED) is 0.786. The molecule has 2 heterocycles. The molecule has 0 radical (unpaired) electrons. The molecular weight excluding hydrogens is 333 g/mol. The first-order chi connectivity index (χ1) is 12.5. The van der Waals surface area contributed by atoms with E-state index in [-0.39, 0.29) is 11.7 Å². The second-order valence-corrected chi connectivity index (χ2v) is 6.44. The maximum atomic E-state index is 14.9. The summed E-state index contributed by atoms with van der Waals surface area (Å²) in [5.74, 6) is -0.393. The van der Waals surface area contributed by atoms with E-state index in [1.54, 1.807) is 36.5 Å². The van der Waals surface area contributed by atoms with Gasteiger partial charge < -0.3 is 16.0 Å². The van der Waals surface area contributed by atoms with Gasteiger partial charge in [-0.3, -0.25) is 9.88 Å². The molecule has 6 nitrogen and oxygen atoms in total. The van der Waals surface area contributed by atoms with Gasteiger partial charge in [-0.2, -0.15) is 0 Å². The van der Waals surface area contributed by atoms with Gasteiger partial charge in [0, 0.05) is 43.5 Å². The van der Waals surface area contributed by atoms with E-state index in [1.165, 1.54) is 0 Å². The number of hydrogen-bond donors (Lipinski definition) is 3. The SMILES string of the molecule is Cc1ccc(NC(=O)Nc2cccc(C(C)N3CCNCC3)c2F)cn1. The molecule has 1 atom stereocenters. The Bertz CT molecular complexity index is 759. The maximum absolute atomic E-state index is 14.9. The molecule has 0 saturated carbocycles. The monoisotopic (exact) mass is 357 g/mol. The van der Waals surface area contributed by atoms with Crippen molar-refractivity contribution in [2.45, 2.75) is 19.9 Å². The highest BCUT2D eigenvalue weighted by atomic mass is 19.1. The largest absolute Gasteiger partial charge is 0.323 e. The van der Waals surface area contributed by atoms with Gasteiger partial charge in [-0.15, -0.1) is 0 Å². The molecular formula is C19H24FN5O. The predicted octanol–water partition coefficient (Wildman–Crippen LogP) is 3.14. The van der Waals surface area contributed by atoms with Crippen LogP contribution in [0.4, 0.5) is 20.6 Å². The van der Waals surface area contributed by atoms with Crippen LogP contribution in [0.15, 0.2) is 36.5 Å². The number of aryl methyl sites for hydroxylation is 1. The summed E-state index contributed by atoms with van der Waals surface area (Å²) in [5, 5.41) is 8.54. The molecule has 1 aromatic carbocycles. The van der Waals surface area contributed by atoms with Gasteiger partial charge in [0.25, 0.3) is 0 Å². The fraction of sp³-hybridized carbons (Fsp3) is 0.368. The third-order valence-corrected chi connectivity index (χ3v) is 4.60. The average Bonchev–Trinajstić information content (AvgIpc) is 2.65. The highest BCUT2D eigenvalue weighted by Gasteiger charge is 2.22. The third kappa shape index (κ3) is 4.36. The number of amides is 2. The van der Waals surface area contributed by atoms with E-state index in [1.807, 2.05) is 13.8 Å². The van der Waals surface area contributed by atoms with Gasteiger partial charge in [0.05, 0.1) is 17.6 Å². The van der Waals surface area contributed by atoms with E-state index in [9.17, 15) is 9.18 Å². The van der Waals surface area contributed by atoms with Crippen molar-refractivity contribution in [3.05, 3.63) is 53.6 Å². The zero-order valence-electron chi connectivity index (χ0n) is 15.1. The van der Waals surface area contributed by atoms with Crippen LogP contribution < -0.4 is 16.0 Å². The van der Waals surface area contributed by atoms with Crippen LogP contribution in [-0.4, -0.2) is 42.1 Å². The number of piperazine rings is 1. The summed E-state index contributed by atoms with van der Waals surface area (Å²) < 4.78 is 14.9. The number of pyridine rings is 1. The van der Waals surface area contributed by atoms with Gasteiger partial charge in [0.15, 0.2) is 5.82 Å². The minimum absolute atomic E-state index is 0.0526. The fourth-order valence-corrected chi connectivity index (χ4v) is 3.06. The van der Waals surface area contributed by atoms with Crippen LogP contribution in [0.1, 0.15) is 24.2 Å². The Balaban J connectivity index is 1.70. The summed E-state index contributed by atoms with van der Waals surface area (Å²) in [6, 6.07) is 8.10. The molecule has 3 N–H and O–H groups in total. The first kappa shape index (κ1) is 18.3. The highest BCUT2D eigenvalue weighted by molar-refractivity contribution is 5.99. The molecule has 1 unspecified atom stereocenters. The Morgan fingerprint density at radius 3 is 2.69 bits per heavy atom. The first-order valence-corrected chi connectivity index (χ1v) is 8.78. The first-order valence-electron chi connectivity index (χ1n) is 8.78. The van der Waals surface area contributed by atoms with Gasteiger partial charge in [0.1, 0.15) is 0 Å². The van der Waals surface area contributed by atoms with E-state index in [4.69, 9.17) is 0 Å². The molecule has 0 bridgehead atoms. The lowest BCUT2D eigenvalue weighted by atomic mass is 10.0. The zero-order valence-corrected chi connectivity index (χ0v) is 15.1. The van der Waals surface area contributed by atoms with Gasteiger partial charge in [-0.25, -0.2) is 9.18 Å². The smallest absolute Gasteiger partial charge is 0.314 e. The van der Waals surface area contributed by atoms with Crippen molar-refractivity contribution in [1.82, 2.24) is 15.2 Å². The molecule has 2 amide bonds. The number of nitrogens with zero attached hydrogens (tertiary/aromatic N) is 2. The minimum atomic E-state index is -0.499. The summed E-state index contributed by atoms with van der Waals surface area (Å²) in [6.07, 6.45) is 1.56. The number of carbonyl (C=O) groups is 1. The number of carbonyl (C=O) groups excluding carboxylic acids is 1. The highest BCUT2D eigenvalue weighted by Crippen LogP contribution is 2.27. The van der Waals surface area contributed by atoms with Gasteiger partial charge >= 0.3 is 6.03 Å². The van der Waals surface area contributed by atoms with Crippen LogP contribution in [0, 0.1) is 12.7 Å². The Morgan fingerprint density at radius 2 is 2.00 bits per heavy atom. The fourth-order valence-electron chi connectivity index (χ4n) is 3.06. The molecule has 1 aromatic heterocycles. The molecule has 1 aliphatic heterocycles. The topological polar surface area (TPSA) is 69.3 Å². The lowest BCUT2D eigenvalue weighted by Gasteiger charge is -2.33. The van der Waals surface area contributed by atoms with Crippen molar-refractivity contribution in [3.8, 4) is 0 Å². The van der Waals surface area contributed by atoms with Crippen molar-refractivity contribution in [3.63, 3.8) is 0 Å². The zero-order chi connectivity index (χ0) is 18.5. The van der Waals surface area contributed by atoms with Crippen molar-refractivity contribution in [2.75, 3.05) is 36.8 Å². The van der Waals surface area contributed by atoms with Crippen molar-refractivity contribution in [2.24, 2.45) is 0 Å². The summed E-state index contributed by atoms with van der Waals surface area (Å²) in [7, 11) is 0. The lowest BCUT2D eigenvalue weighted by molar-refractivity contribution is 0.182. The van der Waals surface area contributed by atoms with Crippen LogP contribution in [-0.2, 0) is 0 Å². The molecule has 26 heavy (non-hydrogen) atoms. The summed E-state index contributed by atoms with van der Waals surface area (Å²) >= 11 is 0. The van der Waals surface area contributed by atoms with Gasteiger partial charge in [0.2, 0.25) is 0 Å². The maximum Gasteiger partial charge on any atom is 0.323 e. The third-order valence-electron chi connectivity index (χ3n) is 4.60. The van der Waals surface area contributed by atoms with E-state index >= 15 is 0 Å². The van der Waals surface area contributed by atoms with E-state index in [2.05, 4.69) is 25.8 Å². The number of anilines is 2. The molecule has 1 saturated heterocycles. The number of halogens is 1. The van der Waals surface area contributed by atoms with E-state index in [0.29, 0.717) is 11.3 Å². The molecule has 3 rings (SSSR count). The number of hydrogen-bond acceptors (Lipinski definition) is 4. The van der Waals surface area contributed by atoms with E-state index < -0.39 is 11.8 Å². The Kier molecular flexibility index (Phi) is 5.80. The number of rotatable bonds is 4. The summed E-state index contributed by atoms with van der Waals surface area (Å²) in [4.78, 5) is 18.5. The second-order valence-electron chi connectivity index (χ2n) is 6.44. The van der Waals surface area contributed by atoms with E-state index in [0.717, 1.165) is 31.9 Å². The Labute approximate surface area is 152 Å². The van der Waals surface area contributed by atoms with Crippen LogP contribution in [0.25, 0.3) is 0 Å². The van der Waals surface area contributed by atoms with Crippen LogP contribution in [0.3, 0.4) is 0 Å². The van der Waals surface area contributed by atoms with Gasteiger partial charge in [-0.1, -0.05) is 12.1 Å². The average molecular weight is 357 g/mol. The normalized spacial score (nSPS) is 16.1. The van der Waals surface area contributed by atoms with Crippen molar-refractivity contribution < 1.29 is 9.18 Å². The Morgan fingerprint density at radius 1 is 1.23 bits per heavy atom. The Hall–Kier alpha value is -2.51. The van der Waals surface area contributed by atoms with Crippen molar-refractivity contribution in [1.29, 1.82) is 0 Å². The molecule has 138 valence electrons. The molecule has 7 heteroatoms. The summed E-state index contributed by atoms with van der Waals surface area (Å²) in [5.41, 5.74) is 2.17. The van der Waals surface area contributed by atoms with Crippen LogP contribution in [0.2, 0.25) is 0 Å². The second kappa shape index (κ2) is 8.25. The summed E-state index contributed by atoms with van der Waals surface area (Å²) in [6.45, 7) is 7.40.